The molecule has 1 atom stereocenters. The fraction of sp³-hybridized carbons (Fsp3) is 0.375. The van der Waals surface area contributed by atoms with E-state index in [1.807, 2.05) is 36.1 Å². The van der Waals surface area contributed by atoms with Crippen LogP contribution in [0.4, 0.5) is 5.69 Å². The predicted molar refractivity (Wildman–Crippen MR) is 82.1 cm³/mol. The molecule has 0 bridgehead atoms. The van der Waals surface area contributed by atoms with E-state index in [4.69, 9.17) is 5.73 Å². The highest BCUT2D eigenvalue weighted by Crippen LogP contribution is 2.27. The third-order valence-corrected chi connectivity index (χ3v) is 4.23. The number of hydrogen-bond donors (Lipinski definition) is 2. The normalized spacial score (nSPS) is 18.7. The number of nitrogens with two attached hydrogens (primary N) is 1. The van der Waals surface area contributed by atoms with Crippen LogP contribution < -0.4 is 5.73 Å². The van der Waals surface area contributed by atoms with E-state index in [1.165, 1.54) is 0 Å². The Bertz CT molecular complexity index is 636. The number of likely N-dealkylation sites (tertiary alicyclic amines) is 1. The molecule has 1 amide bonds. The maximum atomic E-state index is 12.7. The van der Waals surface area contributed by atoms with Gasteiger partial charge in [0, 0.05) is 36.6 Å². The van der Waals surface area contributed by atoms with E-state index in [9.17, 15) is 4.79 Å². The van der Waals surface area contributed by atoms with Crippen LogP contribution in [0.3, 0.4) is 0 Å². The lowest BCUT2D eigenvalue weighted by atomic mass is 9.94. The van der Waals surface area contributed by atoms with E-state index >= 15 is 0 Å². The van der Waals surface area contributed by atoms with Crippen LogP contribution >= 0.6 is 0 Å². The minimum absolute atomic E-state index is 0.0282. The first kappa shape index (κ1) is 13.7. The summed E-state index contributed by atoms with van der Waals surface area (Å²) in [7, 11) is 0. The number of aryl methyl sites for hydroxylation is 1. The van der Waals surface area contributed by atoms with Crippen LogP contribution in [0.25, 0.3) is 0 Å². The molecule has 2 aromatic rings. The largest absolute Gasteiger partial charge is 0.398 e. The number of rotatable bonds is 2. The number of anilines is 1. The molecule has 0 aliphatic carbocycles. The van der Waals surface area contributed by atoms with Gasteiger partial charge >= 0.3 is 0 Å². The summed E-state index contributed by atoms with van der Waals surface area (Å²) in [5.41, 5.74) is 9.30. The van der Waals surface area contributed by atoms with Gasteiger partial charge in [0.1, 0.15) is 0 Å². The molecular formula is C16H20N4O. The first-order valence-corrected chi connectivity index (χ1v) is 7.30. The van der Waals surface area contributed by atoms with E-state index in [-0.39, 0.29) is 5.91 Å². The average molecular weight is 284 g/mol. The van der Waals surface area contributed by atoms with Gasteiger partial charge in [0.15, 0.2) is 0 Å². The smallest absolute Gasteiger partial charge is 0.255 e. The van der Waals surface area contributed by atoms with Crippen molar-refractivity contribution < 1.29 is 4.79 Å². The number of amides is 1. The Hall–Kier alpha value is -2.30. The van der Waals surface area contributed by atoms with Crippen molar-refractivity contribution in [3.8, 4) is 0 Å². The highest BCUT2D eigenvalue weighted by molar-refractivity contribution is 5.99. The van der Waals surface area contributed by atoms with Crippen LogP contribution in [0, 0.1) is 6.92 Å². The van der Waals surface area contributed by atoms with E-state index in [1.54, 1.807) is 6.20 Å². The lowest BCUT2D eigenvalue weighted by Crippen LogP contribution is -2.39. The van der Waals surface area contributed by atoms with Gasteiger partial charge in [0.05, 0.1) is 5.56 Å². The summed E-state index contributed by atoms with van der Waals surface area (Å²) in [5, 5.41) is 7.02. The van der Waals surface area contributed by atoms with Crippen LogP contribution in [0.15, 0.2) is 30.5 Å². The molecule has 110 valence electrons. The molecule has 1 fully saturated rings. The fourth-order valence-electron chi connectivity index (χ4n) is 2.95. The number of nitrogen functional groups attached to an aromatic ring is 1. The first-order valence-electron chi connectivity index (χ1n) is 7.30. The van der Waals surface area contributed by atoms with Crippen molar-refractivity contribution in [2.75, 3.05) is 18.8 Å². The van der Waals surface area contributed by atoms with Crippen molar-refractivity contribution in [2.45, 2.75) is 25.7 Å². The van der Waals surface area contributed by atoms with E-state index in [0.717, 1.165) is 30.6 Å². The lowest BCUT2D eigenvalue weighted by molar-refractivity contribution is 0.0707. The first-order chi connectivity index (χ1) is 10.2. The van der Waals surface area contributed by atoms with Crippen molar-refractivity contribution in [1.29, 1.82) is 0 Å². The van der Waals surface area contributed by atoms with Gasteiger partial charge < -0.3 is 10.6 Å². The standard InChI is InChI=1S/C16H20N4O/c1-11-4-2-6-13(15(11)17)16(21)20-9-3-5-12(10-20)14-7-8-18-19-14/h2,4,6-8,12H,3,5,9-10,17H2,1H3,(H,18,19). The van der Waals surface area contributed by atoms with Gasteiger partial charge in [-0.3, -0.25) is 9.89 Å². The molecule has 3 N–H and O–H groups in total. The highest BCUT2D eigenvalue weighted by atomic mass is 16.2. The van der Waals surface area contributed by atoms with Crippen molar-refractivity contribution in [2.24, 2.45) is 0 Å². The summed E-state index contributed by atoms with van der Waals surface area (Å²) in [5.74, 6) is 0.358. The van der Waals surface area contributed by atoms with Gasteiger partial charge in [-0.25, -0.2) is 0 Å². The zero-order valence-electron chi connectivity index (χ0n) is 12.2. The molecule has 21 heavy (non-hydrogen) atoms. The number of piperidine rings is 1. The minimum atomic E-state index is 0.0282. The predicted octanol–water partition coefficient (Wildman–Crippen LogP) is 2.32. The van der Waals surface area contributed by atoms with E-state index in [2.05, 4.69) is 10.2 Å². The molecule has 0 saturated carbocycles. The summed E-state index contributed by atoms with van der Waals surface area (Å²) in [6.45, 7) is 3.43. The number of nitrogens with one attached hydrogen (secondary N) is 1. The van der Waals surface area contributed by atoms with Gasteiger partial charge in [0.25, 0.3) is 5.91 Å². The second-order valence-electron chi connectivity index (χ2n) is 5.64. The summed E-state index contributed by atoms with van der Waals surface area (Å²) >= 11 is 0. The topological polar surface area (TPSA) is 75.0 Å². The molecule has 0 radical (unpaired) electrons. The SMILES string of the molecule is Cc1cccc(C(=O)N2CCCC(c3ccn[nH]3)C2)c1N. The summed E-state index contributed by atoms with van der Waals surface area (Å²) in [4.78, 5) is 14.6. The van der Waals surface area contributed by atoms with Crippen molar-refractivity contribution in [1.82, 2.24) is 15.1 Å². The molecule has 5 heteroatoms. The average Bonchev–Trinajstić information content (AvgIpc) is 3.04. The number of aromatic nitrogens is 2. The number of H-pyrrole nitrogens is 1. The zero-order chi connectivity index (χ0) is 14.8. The number of carbonyl (C=O) groups is 1. The van der Waals surface area contributed by atoms with Crippen molar-refractivity contribution >= 4 is 11.6 Å². The van der Waals surface area contributed by atoms with Gasteiger partial charge in [-0.15, -0.1) is 0 Å². The number of benzene rings is 1. The Morgan fingerprint density at radius 1 is 1.43 bits per heavy atom. The lowest BCUT2D eigenvalue weighted by Gasteiger charge is -2.32. The molecule has 1 aliphatic heterocycles. The van der Waals surface area contributed by atoms with E-state index < -0.39 is 0 Å². The van der Waals surface area contributed by atoms with Crippen LogP contribution in [-0.4, -0.2) is 34.1 Å². The fourth-order valence-corrected chi connectivity index (χ4v) is 2.95. The third-order valence-electron chi connectivity index (χ3n) is 4.23. The summed E-state index contributed by atoms with van der Waals surface area (Å²) in [6.07, 6.45) is 3.84. The number of aromatic amines is 1. The molecule has 1 saturated heterocycles. The molecule has 1 aromatic carbocycles. The summed E-state index contributed by atoms with van der Waals surface area (Å²) < 4.78 is 0. The number of hydrogen-bond acceptors (Lipinski definition) is 3. The molecule has 0 spiro atoms. The molecule has 1 aromatic heterocycles. The second-order valence-corrected chi connectivity index (χ2v) is 5.64. The summed E-state index contributed by atoms with van der Waals surface area (Å²) in [6, 6.07) is 7.61. The maximum Gasteiger partial charge on any atom is 0.255 e. The second kappa shape index (κ2) is 5.60. The Morgan fingerprint density at radius 3 is 3.05 bits per heavy atom. The number of nitrogens with zero attached hydrogens (tertiary/aromatic N) is 2. The monoisotopic (exact) mass is 284 g/mol. The van der Waals surface area contributed by atoms with Gasteiger partial charge in [-0.05, 0) is 37.5 Å². The molecule has 1 aliphatic rings. The molecular weight excluding hydrogens is 264 g/mol. The molecule has 1 unspecified atom stereocenters. The third kappa shape index (κ3) is 2.63. The molecule has 2 heterocycles. The minimum Gasteiger partial charge on any atom is -0.398 e. The highest BCUT2D eigenvalue weighted by Gasteiger charge is 2.27. The zero-order valence-corrected chi connectivity index (χ0v) is 12.2. The van der Waals surface area contributed by atoms with Gasteiger partial charge in [-0.2, -0.15) is 5.10 Å². The number of carbonyl (C=O) groups excluding carboxylic acids is 1. The Balaban J connectivity index is 1.80. The Kier molecular flexibility index (Phi) is 3.64. The number of para-hydroxylation sites is 1. The Labute approximate surface area is 124 Å². The Morgan fingerprint density at radius 2 is 2.29 bits per heavy atom. The van der Waals surface area contributed by atoms with Crippen molar-refractivity contribution in [3.05, 3.63) is 47.3 Å². The van der Waals surface area contributed by atoms with E-state index in [0.29, 0.717) is 23.7 Å². The maximum absolute atomic E-state index is 12.7. The van der Waals surface area contributed by atoms with Crippen LogP contribution in [-0.2, 0) is 0 Å². The van der Waals surface area contributed by atoms with Gasteiger partial charge in [0.2, 0.25) is 0 Å². The van der Waals surface area contributed by atoms with Gasteiger partial charge in [-0.1, -0.05) is 12.1 Å². The molecule has 3 rings (SSSR count). The van der Waals surface area contributed by atoms with Crippen LogP contribution in [0.1, 0.15) is 40.4 Å². The molecule has 5 nitrogen and oxygen atoms in total. The van der Waals surface area contributed by atoms with Crippen LogP contribution in [0.2, 0.25) is 0 Å². The van der Waals surface area contributed by atoms with Crippen molar-refractivity contribution in [3.63, 3.8) is 0 Å². The quantitative estimate of drug-likeness (QED) is 0.831. The van der Waals surface area contributed by atoms with Crippen LogP contribution in [0.5, 0.6) is 0 Å².